The van der Waals surface area contributed by atoms with Gasteiger partial charge in [0.2, 0.25) is 0 Å². The normalized spacial score (nSPS) is 17.8. The van der Waals surface area contributed by atoms with Crippen molar-refractivity contribution in [1.29, 1.82) is 0 Å². The molecule has 0 aliphatic carbocycles. The molecule has 0 saturated carbocycles. The summed E-state index contributed by atoms with van der Waals surface area (Å²) in [6, 6.07) is 9.01. The van der Waals surface area contributed by atoms with Gasteiger partial charge in [-0.05, 0) is 12.5 Å². The molecule has 2 rings (SSSR count). The highest BCUT2D eigenvalue weighted by molar-refractivity contribution is 5.24. The van der Waals surface area contributed by atoms with Gasteiger partial charge in [-0.25, -0.2) is 0 Å². The molecule has 1 N–H and O–H groups in total. The zero-order valence-corrected chi connectivity index (χ0v) is 11.5. The molecule has 1 heterocycles. The number of hydrogen-bond donors (Lipinski definition) is 1. The molecule has 3 heteroatoms. The molecule has 100 valence electrons. The first-order valence-corrected chi connectivity index (χ1v) is 6.68. The lowest BCUT2D eigenvalue weighted by atomic mass is 10.1. The Balaban J connectivity index is 2.02. The molecule has 1 fully saturated rings. The van der Waals surface area contributed by atoms with Crippen molar-refractivity contribution in [2.75, 3.05) is 19.8 Å². The van der Waals surface area contributed by atoms with E-state index in [0.29, 0.717) is 6.04 Å². The van der Waals surface area contributed by atoms with Gasteiger partial charge in [-0.15, -0.1) is 0 Å². The van der Waals surface area contributed by atoms with Gasteiger partial charge in [-0.1, -0.05) is 43.7 Å². The van der Waals surface area contributed by atoms with E-state index in [0.717, 1.165) is 19.8 Å². The van der Waals surface area contributed by atoms with Crippen LogP contribution in [-0.2, 0) is 9.47 Å². The fourth-order valence-corrected chi connectivity index (χ4v) is 1.98. The van der Waals surface area contributed by atoms with Crippen LogP contribution in [0.5, 0.6) is 0 Å². The molecule has 1 aliphatic rings. The number of nitrogens with one attached hydrogen (secondary N) is 1. The Bertz CT molecular complexity index is 375. The lowest BCUT2D eigenvalue weighted by molar-refractivity contribution is -0.155. The number of rotatable bonds is 6. The summed E-state index contributed by atoms with van der Waals surface area (Å²) in [6.45, 7) is 8.72. The van der Waals surface area contributed by atoms with E-state index in [1.54, 1.807) is 0 Å². The first-order valence-electron chi connectivity index (χ1n) is 6.68. The second-order valence-electron chi connectivity index (χ2n) is 5.26. The molecule has 1 unspecified atom stereocenters. The van der Waals surface area contributed by atoms with E-state index in [-0.39, 0.29) is 12.2 Å². The monoisotopic (exact) mass is 249 g/mol. The average Bonchev–Trinajstić information content (AvgIpc) is 2.26. The zero-order chi connectivity index (χ0) is 13.0. The highest BCUT2D eigenvalue weighted by Gasteiger charge is 2.24. The smallest absolute Gasteiger partial charge is 0.105 e. The second kappa shape index (κ2) is 6.32. The number of hydrogen-bond acceptors (Lipinski definition) is 3. The van der Waals surface area contributed by atoms with Crippen LogP contribution in [0.1, 0.15) is 31.1 Å². The summed E-state index contributed by atoms with van der Waals surface area (Å²) in [4.78, 5) is 0. The summed E-state index contributed by atoms with van der Waals surface area (Å²) in [5.74, 6) is 0. The van der Waals surface area contributed by atoms with E-state index in [1.165, 1.54) is 11.1 Å². The van der Waals surface area contributed by atoms with Gasteiger partial charge in [0.15, 0.2) is 0 Å². The summed E-state index contributed by atoms with van der Waals surface area (Å²) in [5.41, 5.74) is 2.52. The highest BCUT2D eigenvalue weighted by Crippen LogP contribution is 2.22. The molecule has 0 bridgehead atoms. The van der Waals surface area contributed by atoms with Gasteiger partial charge >= 0.3 is 0 Å². The SMILES string of the molecule is Cc1cccc(C(CNC(C)C)OC2COC2)c1. The van der Waals surface area contributed by atoms with Crippen molar-refractivity contribution < 1.29 is 9.47 Å². The van der Waals surface area contributed by atoms with Crippen molar-refractivity contribution in [2.45, 2.75) is 39.0 Å². The molecule has 1 aromatic carbocycles. The van der Waals surface area contributed by atoms with E-state index >= 15 is 0 Å². The van der Waals surface area contributed by atoms with Crippen LogP contribution in [0.15, 0.2) is 24.3 Å². The van der Waals surface area contributed by atoms with Crippen LogP contribution < -0.4 is 5.32 Å². The number of aryl methyl sites for hydroxylation is 1. The third-order valence-corrected chi connectivity index (χ3v) is 3.09. The number of ether oxygens (including phenoxy) is 2. The Hall–Kier alpha value is -0.900. The predicted molar refractivity (Wildman–Crippen MR) is 72.8 cm³/mol. The van der Waals surface area contributed by atoms with Crippen LogP contribution in [0.2, 0.25) is 0 Å². The summed E-state index contributed by atoms with van der Waals surface area (Å²) in [5, 5.41) is 3.45. The highest BCUT2D eigenvalue weighted by atomic mass is 16.6. The van der Waals surface area contributed by atoms with Crippen molar-refractivity contribution in [3.05, 3.63) is 35.4 Å². The minimum atomic E-state index is 0.112. The van der Waals surface area contributed by atoms with Gasteiger partial charge in [-0.2, -0.15) is 0 Å². The summed E-state index contributed by atoms with van der Waals surface area (Å²) in [6.07, 6.45) is 0.366. The fourth-order valence-electron chi connectivity index (χ4n) is 1.98. The van der Waals surface area contributed by atoms with E-state index in [4.69, 9.17) is 9.47 Å². The summed E-state index contributed by atoms with van der Waals surface area (Å²) < 4.78 is 11.3. The molecule has 1 aliphatic heterocycles. The van der Waals surface area contributed by atoms with Crippen LogP contribution in [0.25, 0.3) is 0 Å². The summed E-state index contributed by atoms with van der Waals surface area (Å²) in [7, 11) is 0. The Labute approximate surface area is 109 Å². The Morgan fingerprint density at radius 1 is 1.39 bits per heavy atom. The molecule has 1 atom stereocenters. The molecular formula is C15H23NO2. The van der Waals surface area contributed by atoms with Gasteiger partial charge < -0.3 is 14.8 Å². The molecule has 1 aromatic rings. The van der Waals surface area contributed by atoms with Gasteiger partial charge in [0.1, 0.15) is 6.10 Å². The standard InChI is InChI=1S/C15H23NO2/c1-11(2)16-8-15(18-14-9-17-10-14)13-6-4-5-12(3)7-13/h4-7,11,14-16H,8-10H2,1-3H3. The first kappa shape index (κ1) is 13.5. The van der Waals surface area contributed by atoms with Crippen molar-refractivity contribution in [3.63, 3.8) is 0 Å². The molecule has 18 heavy (non-hydrogen) atoms. The third kappa shape index (κ3) is 3.80. The van der Waals surface area contributed by atoms with Crippen LogP contribution >= 0.6 is 0 Å². The molecule has 0 radical (unpaired) electrons. The minimum absolute atomic E-state index is 0.112. The largest absolute Gasteiger partial charge is 0.376 e. The van der Waals surface area contributed by atoms with E-state index in [2.05, 4.69) is 50.4 Å². The number of benzene rings is 1. The predicted octanol–water partition coefficient (Wildman–Crippen LogP) is 2.45. The topological polar surface area (TPSA) is 30.5 Å². The fraction of sp³-hybridized carbons (Fsp3) is 0.600. The quantitative estimate of drug-likeness (QED) is 0.840. The lowest BCUT2D eigenvalue weighted by Gasteiger charge is -2.31. The van der Waals surface area contributed by atoms with Crippen LogP contribution in [0.3, 0.4) is 0 Å². The van der Waals surface area contributed by atoms with Crippen LogP contribution in [0, 0.1) is 6.92 Å². The van der Waals surface area contributed by atoms with E-state index in [9.17, 15) is 0 Å². The third-order valence-electron chi connectivity index (χ3n) is 3.09. The van der Waals surface area contributed by atoms with E-state index in [1.807, 2.05) is 0 Å². The first-order chi connectivity index (χ1) is 8.65. The molecule has 3 nitrogen and oxygen atoms in total. The maximum Gasteiger partial charge on any atom is 0.105 e. The Kier molecular flexibility index (Phi) is 4.75. The average molecular weight is 249 g/mol. The second-order valence-corrected chi connectivity index (χ2v) is 5.26. The van der Waals surface area contributed by atoms with Crippen LogP contribution in [-0.4, -0.2) is 31.9 Å². The van der Waals surface area contributed by atoms with Gasteiger partial charge in [0, 0.05) is 12.6 Å². The Morgan fingerprint density at radius 3 is 2.72 bits per heavy atom. The molecular weight excluding hydrogens is 226 g/mol. The molecule has 0 amide bonds. The van der Waals surface area contributed by atoms with Crippen molar-refractivity contribution in [2.24, 2.45) is 0 Å². The van der Waals surface area contributed by atoms with Gasteiger partial charge in [-0.3, -0.25) is 0 Å². The maximum absolute atomic E-state index is 6.09. The lowest BCUT2D eigenvalue weighted by Crippen LogP contribution is -2.39. The summed E-state index contributed by atoms with van der Waals surface area (Å²) >= 11 is 0. The van der Waals surface area contributed by atoms with Gasteiger partial charge in [0.25, 0.3) is 0 Å². The minimum Gasteiger partial charge on any atom is -0.376 e. The van der Waals surface area contributed by atoms with E-state index < -0.39 is 0 Å². The molecule has 1 saturated heterocycles. The maximum atomic E-state index is 6.09. The van der Waals surface area contributed by atoms with Crippen molar-refractivity contribution >= 4 is 0 Å². The molecule has 0 spiro atoms. The van der Waals surface area contributed by atoms with Gasteiger partial charge in [0.05, 0.1) is 19.3 Å². The zero-order valence-electron chi connectivity index (χ0n) is 11.5. The van der Waals surface area contributed by atoms with Crippen molar-refractivity contribution in [1.82, 2.24) is 5.32 Å². The Morgan fingerprint density at radius 2 is 2.17 bits per heavy atom. The molecule has 0 aromatic heterocycles. The van der Waals surface area contributed by atoms with Crippen molar-refractivity contribution in [3.8, 4) is 0 Å². The van der Waals surface area contributed by atoms with Crippen LogP contribution in [0.4, 0.5) is 0 Å².